The first kappa shape index (κ1) is 17.6. The highest BCUT2D eigenvalue weighted by molar-refractivity contribution is 6.30. The van der Waals surface area contributed by atoms with Crippen molar-refractivity contribution in [2.75, 3.05) is 26.2 Å². The minimum atomic E-state index is -0.571. The number of nitrogens with zero attached hydrogens (tertiary/aromatic N) is 2. The number of hydrogen-bond donors (Lipinski definition) is 0. The second kappa shape index (κ2) is 7.68. The molecule has 1 saturated heterocycles. The van der Waals surface area contributed by atoms with Crippen molar-refractivity contribution < 1.29 is 14.3 Å². The SMILES string of the molecule is CC(=O)N1CCCN(C(=O)C(C)Oc2ccc(Cl)cc2C)CC1. The van der Waals surface area contributed by atoms with Gasteiger partial charge in [-0.2, -0.15) is 0 Å². The minimum Gasteiger partial charge on any atom is -0.481 e. The van der Waals surface area contributed by atoms with Crippen LogP contribution in [0.2, 0.25) is 5.02 Å². The van der Waals surface area contributed by atoms with Gasteiger partial charge in [-0.25, -0.2) is 0 Å². The smallest absolute Gasteiger partial charge is 0.263 e. The highest BCUT2D eigenvalue weighted by Crippen LogP contribution is 2.23. The standard InChI is InChI=1S/C17H23ClN2O3/c1-12-11-15(18)5-6-16(12)23-13(2)17(22)20-8-4-7-19(9-10-20)14(3)21/h5-6,11,13H,4,7-10H2,1-3H3. The van der Waals surface area contributed by atoms with Crippen LogP contribution in [0.25, 0.3) is 0 Å². The van der Waals surface area contributed by atoms with Crippen molar-refractivity contribution >= 4 is 23.4 Å². The zero-order valence-corrected chi connectivity index (χ0v) is 14.6. The molecule has 0 aliphatic carbocycles. The zero-order valence-electron chi connectivity index (χ0n) is 13.8. The molecule has 2 rings (SSSR count). The number of carbonyl (C=O) groups is 2. The maximum atomic E-state index is 12.6. The Hall–Kier alpha value is -1.75. The molecule has 0 aromatic heterocycles. The molecule has 1 fully saturated rings. The van der Waals surface area contributed by atoms with E-state index in [0.29, 0.717) is 37.0 Å². The van der Waals surface area contributed by atoms with Crippen LogP contribution in [-0.4, -0.2) is 53.9 Å². The largest absolute Gasteiger partial charge is 0.481 e. The lowest BCUT2D eigenvalue weighted by atomic mass is 10.2. The van der Waals surface area contributed by atoms with Crippen LogP contribution in [0.5, 0.6) is 5.75 Å². The number of carbonyl (C=O) groups excluding carboxylic acids is 2. The summed E-state index contributed by atoms with van der Waals surface area (Å²) in [6.45, 7) is 7.69. The van der Waals surface area contributed by atoms with Crippen LogP contribution >= 0.6 is 11.6 Å². The average Bonchev–Trinajstić information content (AvgIpc) is 2.75. The lowest BCUT2D eigenvalue weighted by Gasteiger charge is -2.25. The van der Waals surface area contributed by atoms with E-state index in [2.05, 4.69) is 0 Å². The Morgan fingerprint density at radius 1 is 1.17 bits per heavy atom. The van der Waals surface area contributed by atoms with Gasteiger partial charge in [0.05, 0.1) is 0 Å². The van der Waals surface area contributed by atoms with Gasteiger partial charge in [0, 0.05) is 38.1 Å². The molecule has 0 N–H and O–H groups in total. The first-order valence-corrected chi connectivity index (χ1v) is 8.23. The van der Waals surface area contributed by atoms with Crippen molar-refractivity contribution in [3.05, 3.63) is 28.8 Å². The fraction of sp³-hybridized carbons (Fsp3) is 0.529. The van der Waals surface area contributed by atoms with Crippen molar-refractivity contribution in [2.24, 2.45) is 0 Å². The fourth-order valence-electron chi connectivity index (χ4n) is 2.70. The van der Waals surface area contributed by atoms with E-state index >= 15 is 0 Å². The molecule has 1 heterocycles. The summed E-state index contributed by atoms with van der Waals surface area (Å²) in [5, 5.41) is 0.644. The summed E-state index contributed by atoms with van der Waals surface area (Å²) in [5.41, 5.74) is 0.899. The van der Waals surface area contributed by atoms with Gasteiger partial charge in [-0.3, -0.25) is 9.59 Å². The Morgan fingerprint density at radius 2 is 1.83 bits per heavy atom. The number of rotatable bonds is 3. The molecule has 1 aromatic carbocycles. The summed E-state index contributed by atoms with van der Waals surface area (Å²) >= 11 is 5.93. The van der Waals surface area contributed by atoms with Gasteiger partial charge in [0.25, 0.3) is 5.91 Å². The molecular weight excluding hydrogens is 316 g/mol. The third kappa shape index (κ3) is 4.61. The van der Waals surface area contributed by atoms with Gasteiger partial charge < -0.3 is 14.5 Å². The summed E-state index contributed by atoms with van der Waals surface area (Å²) in [4.78, 5) is 27.6. The highest BCUT2D eigenvalue weighted by atomic mass is 35.5. The Bertz CT molecular complexity index is 591. The fourth-order valence-corrected chi connectivity index (χ4v) is 2.92. The number of ether oxygens (including phenoxy) is 1. The van der Waals surface area contributed by atoms with Gasteiger partial charge in [0.15, 0.2) is 6.10 Å². The van der Waals surface area contributed by atoms with Gasteiger partial charge in [-0.1, -0.05) is 11.6 Å². The maximum Gasteiger partial charge on any atom is 0.263 e. The molecule has 0 radical (unpaired) electrons. The van der Waals surface area contributed by atoms with Crippen LogP contribution in [0.3, 0.4) is 0 Å². The third-order valence-electron chi connectivity index (χ3n) is 4.04. The minimum absolute atomic E-state index is 0.0512. The summed E-state index contributed by atoms with van der Waals surface area (Å²) < 4.78 is 5.80. The number of halogens is 1. The van der Waals surface area contributed by atoms with Crippen LogP contribution in [0.4, 0.5) is 0 Å². The molecule has 1 unspecified atom stereocenters. The molecular formula is C17H23ClN2O3. The molecule has 0 bridgehead atoms. The Kier molecular flexibility index (Phi) is 5.88. The van der Waals surface area contributed by atoms with Gasteiger partial charge in [0.2, 0.25) is 5.91 Å². The molecule has 126 valence electrons. The van der Waals surface area contributed by atoms with Crippen molar-refractivity contribution in [3.63, 3.8) is 0 Å². The highest BCUT2D eigenvalue weighted by Gasteiger charge is 2.25. The number of hydrogen-bond acceptors (Lipinski definition) is 3. The molecule has 23 heavy (non-hydrogen) atoms. The summed E-state index contributed by atoms with van der Waals surface area (Å²) in [6.07, 6.45) is 0.219. The van der Waals surface area contributed by atoms with Crippen LogP contribution in [0.15, 0.2) is 18.2 Å². The summed E-state index contributed by atoms with van der Waals surface area (Å²) in [6, 6.07) is 5.34. The van der Waals surface area contributed by atoms with E-state index in [1.165, 1.54) is 0 Å². The third-order valence-corrected chi connectivity index (χ3v) is 4.28. The molecule has 2 amide bonds. The normalized spacial score (nSPS) is 16.7. The second-order valence-electron chi connectivity index (χ2n) is 5.85. The van der Waals surface area contributed by atoms with Gasteiger partial charge in [-0.15, -0.1) is 0 Å². The van der Waals surface area contributed by atoms with Crippen LogP contribution in [0, 0.1) is 6.92 Å². The predicted octanol–water partition coefficient (Wildman–Crippen LogP) is 2.50. The van der Waals surface area contributed by atoms with E-state index in [1.54, 1.807) is 35.8 Å². The van der Waals surface area contributed by atoms with Crippen LogP contribution < -0.4 is 4.74 Å². The van der Waals surface area contributed by atoms with E-state index < -0.39 is 6.10 Å². The van der Waals surface area contributed by atoms with E-state index in [-0.39, 0.29) is 11.8 Å². The lowest BCUT2D eigenvalue weighted by Crippen LogP contribution is -2.42. The number of amides is 2. The number of benzene rings is 1. The molecule has 1 aromatic rings. The van der Waals surface area contributed by atoms with Gasteiger partial charge in [0.1, 0.15) is 5.75 Å². The van der Waals surface area contributed by atoms with E-state index in [4.69, 9.17) is 16.3 Å². The molecule has 0 saturated carbocycles. The first-order chi connectivity index (χ1) is 10.9. The van der Waals surface area contributed by atoms with E-state index in [1.807, 2.05) is 13.0 Å². The average molecular weight is 339 g/mol. The molecule has 1 aliphatic heterocycles. The monoisotopic (exact) mass is 338 g/mol. The first-order valence-electron chi connectivity index (χ1n) is 7.85. The Morgan fingerprint density at radius 3 is 2.48 bits per heavy atom. The van der Waals surface area contributed by atoms with Crippen LogP contribution in [0.1, 0.15) is 25.8 Å². The lowest BCUT2D eigenvalue weighted by molar-refractivity contribution is -0.138. The van der Waals surface area contributed by atoms with Crippen molar-refractivity contribution in [2.45, 2.75) is 33.3 Å². The van der Waals surface area contributed by atoms with Gasteiger partial charge in [-0.05, 0) is 44.0 Å². The Balaban J connectivity index is 1.97. The van der Waals surface area contributed by atoms with Crippen molar-refractivity contribution in [1.82, 2.24) is 9.80 Å². The maximum absolute atomic E-state index is 12.6. The van der Waals surface area contributed by atoms with E-state index in [0.717, 1.165) is 12.0 Å². The summed E-state index contributed by atoms with van der Waals surface area (Å²) in [5.74, 6) is 0.667. The summed E-state index contributed by atoms with van der Waals surface area (Å²) in [7, 11) is 0. The molecule has 6 heteroatoms. The number of aryl methyl sites for hydroxylation is 1. The molecule has 1 aliphatic rings. The topological polar surface area (TPSA) is 49.9 Å². The molecule has 0 spiro atoms. The quantitative estimate of drug-likeness (QED) is 0.850. The molecule has 1 atom stereocenters. The van der Waals surface area contributed by atoms with E-state index in [9.17, 15) is 9.59 Å². The molecule has 5 nitrogen and oxygen atoms in total. The predicted molar refractivity (Wildman–Crippen MR) is 89.7 cm³/mol. The van der Waals surface area contributed by atoms with Crippen LogP contribution in [-0.2, 0) is 9.59 Å². The second-order valence-corrected chi connectivity index (χ2v) is 6.29. The zero-order chi connectivity index (χ0) is 17.0. The van der Waals surface area contributed by atoms with Crippen molar-refractivity contribution in [1.29, 1.82) is 0 Å². The van der Waals surface area contributed by atoms with Gasteiger partial charge >= 0.3 is 0 Å². The van der Waals surface area contributed by atoms with Crippen molar-refractivity contribution in [3.8, 4) is 5.75 Å². The Labute approximate surface area is 142 Å².